The Labute approximate surface area is 162 Å². The number of halogens is 1. The monoisotopic (exact) mass is 432 g/mol. The molecule has 0 radical (unpaired) electrons. The number of thiophene rings is 1. The third kappa shape index (κ3) is 4.21. The second kappa shape index (κ2) is 8.00. The Kier molecular flexibility index (Phi) is 5.74. The summed E-state index contributed by atoms with van der Waals surface area (Å²) in [5.74, 6) is -0.247. The molecule has 0 saturated carbocycles. The number of allylic oxidation sites excluding steroid dienone is 1. The van der Waals surface area contributed by atoms with Crippen molar-refractivity contribution in [2.24, 2.45) is 0 Å². The van der Waals surface area contributed by atoms with Crippen LogP contribution in [0.4, 0.5) is 0 Å². The summed E-state index contributed by atoms with van der Waals surface area (Å²) in [6.45, 7) is 0. The minimum atomic E-state index is -0.286. The first kappa shape index (κ1) is 17.9. The van der Waals surface area contributed by atoms with Gasteiger partial charge in [0.1, 0.15) is 0 Å². The Morgan fingerprint density at radius 1 is 1.36 bits per heavy atom. The van der Waals surface area contributed by atoms with Crippen LogP contribution in [0.5, 0.6) is 0 Å². The molecule has 0 aliphatic carbocycles. The largest absolute Gasteiger partial charge is 0.320 e. The number of nitrogens with zero attached hydrogens (tertiary/aromatic N) is 1. The molecule has 2 heterocycles. The number of thioether (sulfide) groups is 1. The number of nitrogens with one attached hydrogen (secondary N) is 1. The van der Waals surface area contributed by atoms with Crippen LogP contribution in [-0.4, -0.2) is 17.4 Å². The first-order valence-electron chi connectivity index (χ1n) is 7.47. The molecule has 1 atom stereocenters. The number of rotatable bonds is 5. The lowest BCUT2D eigenvalue weighted by Gasteiger charge is -2.25. The number of hydrogen-bond acceptors (Lipinski definition) is 5. The number of nitriles is 1. The zero-order valence-corrected chi connectivity index (χ0v) is 16.2. The van der Waals surface area contributed by atoms with Crippen LogP contribution in [-0.2, 0) is 4.79 Å². The highest BCUT2D eigenvalue weighted by Gasteiger charge is 2.29. The summed E-state index contributed by atoms with van der Waals surface area (Å²) < 4.78 is 0.940. The first-order valence-corrected chi connectivity index (χ1v) is 10.1. The summed E-state index contributed by atoms with van der Waals surface area (Å²) in [5, 5.41) is 14.7. The summed E-state index contributed by atoms with van der Waals surface area (Å²) in [7, 11) is 0. The van der Waals surface area contributed by atoms with Crippen molar-refractivity contribution in [3.8, 4) is 6.07 Å². The van der Waals surface area contributed by atoms with Gasteiger partial charge in [-0.3, -0.25) is 9.59 Å². The van der Waals surface area contributed by atoms with E-state index in [9.17, 15) is 14.9 Å². The van der Waals surface area contributed by atoms with E-state index in [2.05, 4.69) is 27.3 Å². The van der Waals surface area contributed by atoms with Gasteiger partial charge in [0.2, 0.25) is 5.91 Å². The Morgan fingerprint density at radius 3 is 2.76 bits per heavy atom. The zero-order chi connectivity index (χ0) is 17.8. The van der Waals surface area contributed by atoms with Crippen molar-refractivity contribution in [2.45, 2.75) is 12.3 Å². The van der Waals surface area contributed by atoms with Crippen LogP contribution in [0.1, 0.15) is 27.6 Å². The molecule has 4 nitrogen and oxygen atoms in total. The van der Waals surface area contributed by atoms with Gasteiger partial charge >= 0.3 is 0 Å². The van der Waals surface area contributed by atoms with Crippen molar-refractivity contribution < 1.29 is 9.59 Å². The van der Waals surface area contributed by atoms with E-state index in [4.69, 9.17) is 0 Å². The molecule has 1 unspecified atom stereocenters. The molecule has 1 aromatic carbocycles. The third-order valence-electron chi connectivity index (χ3n) is 3.77. The fourth-order valence-electron chi connectivity index (χ4n) is 2.56. The molecule has 0 spiro atoms. The molecule has 0 saturated heterocycles. The van der Waals surface area contributed by atoms with Crippen LogP contribution in [0.25, 0.3) is 0 Å². The van der Waals surface area contributed by atoms with Gasteiger partial charge in [-0.05, 0) is 29.1 Å². The SMILES string of the molecule is N#CC1=C(SCC(=O)c2cccs2)NC(=O)CC1c1ccc(Br)cc1. The number of carbonyl (C=O) groups is 2. The quantitative estimate of drug-likeness (QED) is 0.707. The summed E-state index contributed by atoms with van der Waals surface area (Å²) >= 11 is 5.99. The fraction of sp³-hybridized carbons (Fsp3) is 0.167. The Balaban J connectivity index is 1.84. The highest BCUT2D eigenvalue weighted by Crippen LogP contribution is 2.36. The molecule has 1 aromatic heterocycles. The predicted octanol–water partition coefficient (Wildman–Crippen LogP) is 4.47. The van der Waals surface area contributed by atoms with Crippen molar-refractivity contribution >= 4 is 50.7 Å². The van der Waals surface area contributed by atoms with Gasteiger partial charge in [0.05, 0.1) is 27.3 Å². The second-order valence-electron chi connectivity index (χ2n) is 5.40. The van der Waals surface area contributed by atoms with Crippen LogP contribution < -0.4 is 5.32 Å². The third-order valence-corrected chi connectivity index (χ3v) is 6.23. The highest BCUT2D eigenvalue weighted by atomic mass is 79.9. The molecular formula is C18H13BrN2O2S2. The molecule has 25 heavy (non-hydrogen) atoms. The van der Waals surface area contributed by atoms with Crippen LogP contribution >= 0.6 is 39.0 Å². The lowest BCUT2D eigenvalue weighted by atomic mass is 9.87. The van der Waals surface area contributed by atoms with Crippen molar-refractivity contribution in [1.82, 2.24) is 5.32 Å². The van der Waals surface area contributed by atoms with E-state index in [1.807, 2.05) is 35.7 Å². The molecule has 1 amide bonds. The highest BCUT2D eigenvalue weighted by molar-refractivity contribution is 9.10. The standard InChI is InChI=1S/C18H13BrN2O2S2/c19-12-5-3-11(4-6-12)13-8-17(23)21-18(14(13)9-20)25-10-15(22)16-2-1-7-24-16/h1-7,13H,8,10H2,(H,21,23). The average Bonchev–Trinajstić information content (AvgIpc) is 3.14. The minimum Gasteiger partial charge on any atom is -0.320 e. The molecule has 0 fully saturated rings. The Morgan fingerprint density at radius 2 is 2.12 bits per heavy atom. The number of carbonyl (C=O) groups excluding carboxylic acids is 2. The second-order valence-corrected chi connectivity index (χ2v) is 8.25. The summed E-state index contributed by atoms with van der Waals surface area (Å²) in [6.07, 6.45) is 0.230. The topological polar surface area (TPSA) is 70.0 Å². The van der Waals surface area contributed by atoms with Crippen molar-refractivity contribution in [3.63, 3.8) is 0 Å². The van der Waals surface area contributed by atoms with Gasteiger partial charge in [-0.1, -0.05) is 45.9 Å². The Bertz CT molecular complexity index is 867. The summed E-state index contributed by atoms with van der Waals surface area (Å²) in [6, 6.07) is 13.4. The maximum absolute atomic E-state index is 12.2. The van der Waals surface area contributed by atoms with Gasteiger partial charge in [0.25, 0.3) is 0 Å². The van der Waals surface area contributed by atoms with E-state index < -0.39 is 0 Å². The lowest BCUT2D eigenvalue weighted by Crippen LogP contribution is -2.31. The van der Waals surface area contributed by atoms with Gasteiger partial charge < -0.3 is 5.32 Å². The van der Waals surface area contributed by atoms with Crippen LogP contribution in [0.2, 0.25) is 0 Å². The Hall–Kier alpha value is -1.88. The van der Waals surface area contributed by atoms with Crippen LogP contribution in [0.3, 0.4) is 0 Å². The van der Waals surface area contributed by atoms with E-state index >= 15 is 0 Å². The lowest BCUT2D eigenvalue weighted by molar-refractivity contribution is -0.120. The maximum atomic E-state index is 12.2. The van der Waals surface area contributed by atoms with Crippen molar-refractivity contribution in [3.05, 3.63) is 67.3 Å². The molecule has 2 aromatic rings. The smallest absolute Gasteiger partial charge is 0.225 e. The zero-order valence-electron chi connectivity index (χ0n) is 13.0. The first-order chi connectivity index (χ1) is 12.1. The average molecular weight is 433 g/mol. The summed E-state index contributed by atoms with van der Waals surface area (Å²) in [5.41, 5.74) is 1.42. The normalized spacial score (nSPS) is 17.1. The minimum absolute atomic E-state index is 0.00944. The molecule has 0 bridgehead atoms. The van der Waals surface area contributed by atoms with E-state index in [0.29, 0.717) is 15.5 Å². The maximum Gasteiger partial charge on any atom is 0.225 e. The van der Waals surface area contributed by atoms with E-state index in [1.54, 1.807) is 6.07 Å². The number of ketones is 1. The fourth-order valence-corrected chi connectivity index (χ4v) is 4.54. The number of benzene rings is 1. The van der Waals surface area contributed by atoms with Crippen LogP contribution in [0, 0.1) is 11.3 Å². The molecule has 1 N–H and O–H groups in total. The number of Topliss-reactive ketones (excluding diaryl/α,β-unsaturated/α-hetero) is 1. The molecule has 126 valence electrons. The number of hydrogen-bond donors (Lipinski definition) is 1. The molecule has 1 aliphatic heterocycles. The molecule has 1 aliphatic rings. The van der Waals surface area contributed by atoms with Gasteiger partial charge in [-0.2, -0.15) is 5.26 Å². The molecule has 7 heteroatoms. The van der Waals surface area contributed by atoms with Gasteiger partial charge in [-0.25, -0.2) is 0 Å². The van der Waals surface area contributed by atoms with E-state index in [0.717, 1.165) is 10.0 Å². The number of amides is 1. The van der Waals surface area contributed by atoms with E-state index in [1.165, 1.54) is 23.1 Å². The van der Waals surface area contributed by atoms with Crippen LogP contribution in [0.15, 0.2) is 56.9 Å². The van der Waals surface area contributed by atoms with Gasteiger partial charge in [-0.15, -0.1) is 11.3 Å². The van der Waals surface area contributed by atoms with Gasteiger partial charge in [0, 0.05) is 16.8 Å². The van der Waals surface area contributed by atoms with E-state index in [-0.39, 0.29) is 29.8 Å². The predicted molar refractivity (Wildman–Crippen MR) is 103 cm³/mol. The molecule has 3 rings (SSSR count). The van der Waals surface area contributed by atoms with Gasteiger partial charge in [0.15, 0.2) is 5.78 Å². The molecular weight excluding hydrogens is 420 g/mol. The van der Waals surface area contributed by atoms with Crippen molar-refractivity contribution in [2.75, 3.05) is 5.75 Å². The van der Waals surface area contributed by atoms with Crippen molar-refractivity contribution in [1.29, 1.82) is 5.26 Å². The summed E-state index contributed by atoms with van der Waals surface area (Å²) in [4.78, 5) is 25.0.